The first-order chi connectivity index (χ1) is 13.0. The van der Waals surface area contributed by atoms with Crippen molar-refractivity contribution in [3.63, 3.8) is 0 Å². The third-order valence-corrected chi connectivity index (χ3v) is 4.86. The van der Waals surface area contributed by atoms with E-state index < -0.39 is 6.10 Å². The fraction of sp³-hybridized carbons (Fsp3) is 0.190. The minimum atomic E-state index is -0.678. The Bertz CT molecular complexity index is 956. The number of rotatable bonds is 6. The largest absolute Gasteiger partial charge is 0.481 e. The van der Waals surface area contributed by atoms with E-state index in [-0.39, 0.29) is 5.91 Å². The smallest absolute Gasteiger partial charge is 0.266 e. The normalized spacial score (nSPS) is 11.4. The number of nitrogens with zero attached hydrogens (tertiary/aromatic N) is 2. The zero-order valence-electron chi connectivity index (χ0n) is 15.1. The number of carbonyl (C=O) groups is 1. The average molecular weight is 377 g/mol. The number of hydrogen-bond acceptors (Lipinski definition) is 5. The Kier molecular flexibility index (Phi) is 5.84. The molecule has 3 rings (SSSR count). The summed E-state index contributed by atoms with van der Waals surface area (Å²) in [5, 5.41) is 12.2. The third kappa shape index (κ3) is 5.16. The van der Waals surface area contributed by atoms with Gasteiger partial charge in [-0.2, -0.15) is 5.26 Å². The molecule has 0 fully saturated rings. The van der Waals surface area contributed by atoms with Gasteiger partial charge in [0.1, 0.15) is 5.75 Å². The molecule has 5 nitrogen and oxygen atoms in total. The molecule has 0 spiro atoms. The lowest BCUT2D eigenvalue weighted by molar-refractivity contribution is -0.122. The molecule has 0 saturated heterocycles. The van der Waals surface area contributed by atoms with Gasteiger partial charge in [0, 0.05) is 17.5 Å². The Morgan fingerprint density at radius 3 is 2.59 bits per heavy atom. The van der Waals surface area contributed by atoms with Gasteiger partial charge in [-0.05, 0) is 43.7 Å². The number of carbonyl (C=O) groups excluding carboxylic acids is 1. The zero-order valence-corrected chi connectivity index (χ0v) is 15.9. The molecular weight excluding hydrogens is 358 g/mol. The van der Waals surface area contributed by atoms with Gasteiger partial charge in [-0.1, -0.05) is 29.8 Å². The number of ether oxygens (including phenoxy) is 1. The van der Waals surface area contributed by atoms with E-state index in [1.165, 1.54) is 22.5 Å². The van der Waals surface area contributed by atoms with Crippen LogP contribution in [-0.2, 0) is 11.2 Å². The summed E-state index contributed by atoms with van der Waals surface area (Å²) in [4.78, 5) is 17.7. The molecule has 0 aliphatic rings. The van der Waals surface area contributed by atoms with E-state index in [1.807, 2.05) is 6.07 Å². The second kappa shape index (κ2) is 8.47. The molecule has 6 heteroatoms. The zero-order chi connectivity index (χ0) is 19.2. The summed E-state index contributed by atoms with van der Waals surface area (Å²) in [5.74, 6) is 0.270. The highest BCUT2D eigenvalue weighted by molar-refractivity contribution is 7.15. The molecule has 0 radical (unpaired) electrons. The van der Waals surface area contributed by atoms with Gasteiger partial charge in [0.25, 0.3) is 5.91 Å². The van der Waals surface area contributed by atoms with Crippen LogP contribution in [0, 0.1) is 18.3 Å². The van der Waals surface area contributed by atoms with Crippen LogP contribution in [0.1, 0.15) is 28.5 Å². The predicted octanol–water partition coefficient (Wildman–Crippen LogP) is 4.32. The highest BCUT2D eigenvalue weighted by Gasteiger charge is 2.16. The SMILES string of the molecule is Cc1ccc(Cc2cnc(NC(=O)C(C)Oc3ccc(C#N)cc3)s2)cc1. The summed E-state index contributed by atoms with van der Waals surface area (Å²) >= 11 is 1.45. The lowest BCUT2D eigenvalue weighted by Crippen LogP contribution is -2.30. The van der Waals surface area contributed by atoms with E-state index in [1.54, 1.807) is 37.4 Å². The molecule has 1 amide bonds. The van der Waals surface area contributed by atoms with Crippen molar-refractivity contribution < 1.29 is 9.53 Å². The van der Waals surface area contributed by atoms with Crippen molar-refractivity contribution in [1.29, 1.82) is 5.26 Å². The Morgan fingerprint density at radius 2 is 1.93 bits per heavy atom. The van der Waals surface area contributed by atoms with Crippen LogP contribution in [-0.4, -0.2) is 17.0 Å². The van der Waals surface area contributed by atoms with Crippen LogP contribution in [0.2, 0.25) is 0 Å². The van der Waals surface area contributed by atoms with Gasteiger partial charge in [0.2, 0.25) is 0 Å². The van der Waals surface area contributed by atoms with Gasteiger partial charge < -0.3 is 4.74 Å². The molecule has 1 aromatic heterocycles. The molecule has 0 aliphatic heterocycles. The lowest BCUT2D eigenvalue weighted by Gasteiger charge is -2.13. The van der Waals surface area contributed by atoms with E-state index >= 15 is 0 Å². The van der Waals surface area contributed by atoms with Crippen LogP contribution in [0.5, 0.6) is 5.75 Å². The van der Waals surface area contributed by atoms with Crippen LogP contribution in [0.25, 0.3) is 0 Å². The molecule has 0 saturated carbocycles. The summed E-state index contributed by atoms with van der Waals surface area (Å²) in [6, 6.07) is 17.1. The van der Waals surface area contributed by atoms with Crippen LogP contribution in [0.3, 0.4) is 0 Å². The number of nitriles is 1. The van der Waals surface area contributed by atoms with Crippen LogP contribution in [0.4, 0.5) is 5.13 Å². The van der Waals surface area contributed by atoms with Gasteiger partial charge in [-0.25, -0.2) is 4.98 Å². The fourth-order valence-electron chi connectivity index (χ4n) is 2.43. The van der Waals surface area contributed by atoms with E-state index in [0.29, 0.717) is 16.4 Å². The van der Waals surface area contributed by atoms with Crippen LogP contribution < -0.4 is 10.1 Å². The maximum Gasteiger partial charge on any atom is 0.266 e. The Morgan fingerprint density at radius 1 is 1.22 bits per heavy atom. The molecule has 27 heavy (non-hydrogen) atoms. The number of benzene rings is 2. The Balaban J connectivity index is 1.56. The van der Waals surface area contributed by atoms with Crippen LogP contribution in [0.15, 0.2) is 54.7 Å². The second-order valence-corrected chi connectivity index (χ2v) is 7.29. The van der Waals surface area contributed by atoms with E-state index in [0.717, 1.165) is 11.3 Å². The minimum absolute atomic E-state index is 0.268. The summed E-state index contributed by atoms with van der Waals surface area (Å²) in [7, 11) is 0. The highest BCUT2D eigenvalue weighted by atomic mass is 32.1. The van der Waals surface area contributed by atoms with Gasteiger partial charge in [0.05, 0.1) is 11.6 Å². The molecule has 1 atom stereocenters. The van der Waals surface area contributed by atoms with Crippen LogP contribution >= 0.6 is 11.3 Å². The Hall–Kier alpha value is -3.17. The summed E-state index contributed by atoms with van der Waals surface area (Å²) in [6.45, 7) is 3.74. The standard InChI is InChI=1S/C21H19N3O2S/c1-14-3-5-16(6-4-14)11-19-13-23-21(27-19)24-20(25)15(2)26-18-9-7-17(12-22)8-10-18/h3-10,13,15H,11H2,1-2H3,(H,23,24,25). The highest BCUT2D eigenvalue weighted by Crippen LogP contribution is 2.22. The van der Waals surface area contributed by atoms with Crippen molar-refractivity contribution in [1.82, 2.24) is 4.98 Å². The number of nitrogens with one attached hydrogen (secondary N) is 1. The van der Waals surface area contributed by atoms with Crippen molar-refractivity contribution >= 4 is 22.4 Å². The molecule has 0 bridgehead atoms. The number of anilines is 1. The van der Waals surface area contributed by atoms with Gasteiger partial charge in [0.15, 0.2) is 11.2 Å². The number of amides is 1. The second-order valence-electron chi connectivity index (χ2n) is 6.18. The number of aryl methyl sites for hydroxylation is 1. The van der Waals surface area contributed by atoms with Crippen molar-refractivity contribution in [3.8, 4) is 11.8 Å². The van der Waals surface area contributed by atoms with Crippen molar-refractivity contribution in [2.24, 2.45) is 0 Å². The number of aromatic nitrogens is 1. The molecule has 2 aromatic carbocycles. The average Bonchev–Trinajstić information content (AvgIpc) is 3.11. The molecule has 1 heterocycles. The van der Waals surface area contributed by atoms with E-state index in [9.17, 15) is 4.79 Å². The van der Waals surface area contributed by atoms with Gasteiger partial charge >= 0.3 is 0 Å². The van der Waals surface area contributed by atoms with E-state index in [4.69, 9.17) is 10.00 Å². The molecule has 1 unspecified atom stereocenters. The maximum atomic E-state index is 12.3. The molecule has 0 aliphatic carbocycles. The third-order valence-electron chi connectivity index (χ3n) is 3.95. The number of thiazole rings is 1. The van der Waals surface area contributed by atoms with Crippen molar-refractivity contribution in [3.05, 3.63) is 76.3 Å². The first-order valence-electron chi connectivity index (χ1n) is 8.51. The summed E-state index contributed by atoms with van der Waals surface area (Å²) < 4.78 is 5.62. The maximum absolute atomic E-state index is 12.3. The quantitative estimate of drug-likeness (QED) is 0.694. The molecule has 3 aromatic rings. The Labute approximate surface area is 162 Å². The molecule has 1 N–H and O–H groups in total. The summed E-state index contributed by atoms with van der Waals surface area (Å²) in [5.41, 5.74) is 2.98. The van der Waals surface area contributed by atoms with Crippen molar-refractivity contribution in [2.75, 3.05) is 5.32 Å². The molecule has 136 valence electrons. The first kappa shape index (κ1) is 18.6. The topological polar surface area (TPSA) is 75.0 Å². The minimum Gasteiger partial charge on any atom is -0.481 e. The van der Waals surface area contributed by atoms with E-state index in [2.05, 4.69) is 41.5 Å². The lowest BCUT2D eigenvalue weighted by atomic mass is 10.1. The molecular formula is C21H19N3O2S. The van der Waals surface area contributed by atoms with Crippen molar-refractivity contribution in [2.45, 2.75) is 26.4 Å². The van der Waals surface area contributed by atoms with Gasteiger partial charge in [-0.3, -0.25) is 10.1 Å². The summed E-state index contributed by atoms with van der Waals surface area (Å²) in [6.07, 6.45) is 1.89. The van der Waals surface area contributed by atoms with Gasteiger partial charge in [-0.15, -0.1) is 11.3 Å². The predicted molar refractivity (Wildman–Crippen MR) is 106 cm³/mol. The number of hydrogen-bond donors (Lipinski definition) is 1. The monoisotopic (exact) mass is 377 g/mol. The fourth-order valence-corrected chi connectivity index (χ4v) is 3.28. The first-order valence-corrected chi connectivity index (χ1v) is 9.33.